The third-order valence-electron chi connectivity index (χ3n) is 3.21. The molecule has 3 amide bonds. The quantitative estimate of drug-likeness (QED) is 0.691. The average Bonchev–Trinajstić information content (AvgIpc) is 3.01. The van der Waals surface area contributed by atoms with E-state index in [9.17, 15) is 9.59 Å². The molecule has 8 nitrogen and oxygen atoms in total. The third kappa shape index (κ3) is 5.76. The number of amides is 3. The molecule has 0 fully saturated rings. The Bertz CT molecular complexity index is 767. The molecular weight excluding hydrogens is 354 g/mol. The summed E-state index contributed by atoms with van der Waals surface area (Å²) in [4.78, 5) is 28.3. The van der Waals surface area contributed by atoms with Gasteiger partial charge >= 0.3 is 6.03 Å². The maximum Gasteiger partial charge on any atom is 0.321 e. The van der Waals surface area contributed by atoms with Crippen LogP contribution in [0.2, 0.25) is 0 Å². The average molecular weight is 377 g/mol. The third-order valence-corrected chi connectivity index (χ3v) is 4.17. The van der Waals surface area contributed by atoms with Crippen LogP contribution in [0.5, 0.6) is 5.75 Å². The first-order valence-corrected chi connectivity index (χ1v) is 8.92. The normalized spacial score (nSPS) is 12.3. The second-order valence-electron chi connectivity index (χ2n) is 6.65. The van der Waals surface area contributed by atoms with Crippen molar-refractivity contribution >= 4 is 23.7 Å². The molecule has 0 unspecified atom stereocenters. The number of benzene rings is 1. The van der Waals surface area contributed by atoms with Crippen molar-refractivity contribution in [1.29, 1.82) is 0 Å². The fourth-order valence-corrected chi connectivity index (χ4v) is 2.70. The highest BCUT2D eigenvalue weighted by Crippen LogP contribution is 2.24. The van der Waals surface area contributed by atoms with Crippen LogP contribution in [0.4, 0.5) is 4.79 Å². The number of rotatable bonds is 5. The highest BCUT2D eigenvalue weighted by molar-refractivity contribution is 8.00. The lowest BCUT2D eigenvalue weighted by atomic mass is 10.1. The molecule has 0 bridgehead atoms. The lowest BCUT2D eigenvalue weighted by molar-refractivity contribution is -0.119. The largest absolute Gasteiger partial charge is 0.497 e. The van der Waals surface area contributed by atoms with Crippen molar-refractivity contribution in [3.63, 3.8) is 0 Å². The molecule has 0 spiro atoms. The molecule has 0 radical (unpaired) electrons. The van der Waals surface area contributed by atoms with Gasteiger partial charge in [0.1, 0.15) is 5.75 Å². The van der Waals surface area contributed by atoms with Gasteiger partial charge in [0.2, 0.25) is 11.1 Å². The Kier molecular flexibility index (Phi) is 6.25. The molecule has 1 heterocycles. The van der Waals surface area contributed by atoms with Crippen molar-refractivity contribution in [2.45, 2.75) is 43.6 Å². The van der Waals surface area contributed by atoms with E-state index in [0.29, 0.717) is 11.0 Å². The van der Waals surface area contributed by atoms with Crippen LogP contribution in [-0.2, 0) is 4.79 Å². The molecular formula is C17H23N5O3S. The number of hydrogen-bond acceptors (Lipinski definition) is 6. The minimum Gasteiger partial charge on any atom is -0.497 e. The molecule has 3 N–H and O–H groups in total. The number of carbonyl (C=O) groups excluding carboxylic acids is 2. The Morgan fingerprint density at radius 3 is 2.46 bits per heavy atom. The second-order valence-corrected chi connectivity index (χ2v) is 7.96. The zero-order valence-corrected chi connectivity index (χ0v) is 16.2. The Labute approximate surface area is 156 Å². The second kappa shape index (κ2) is 8.22. The van der Waals surface area contributed by atoms with E-state index in [4.69, 9.17) is 4.74 Å². The molecule has 9 heteroatoms. The summed E-state index contributed by atoms with van der Waals surface area (Å²) in [5.74, 6) is 0.933. The lowest BCUT2D eigenvalue weighted by Crippen LogP contribution is -2.49. The van der Waals surface area contributed by atoms with E-state index >= 15 is 0 Å². The van der Waals surface area contributed by atoms with E-state index < -0.39 is 22.7 Å². The molecule has 2 rings (SSSR count). The number of aromatic nitrogens is 3. The molecule has 0 aliphatic carbocycles. The van der Waals surface area contributed by atoms with Crippen molar-refractivity contribution in [2.75, 3.05) is 7.11 Å². The van der Waals surface area contributed by atoms with Crippen LogP contribution in [0.3, 0.4) is 0 Å². The number of carbonyl (C=O) groups is 2. The monoisotopic (exact) mass is 377 g/mol. The van der Waals surface area contributed by atoms with E-state index in [0.717, 1.165) is 23.1 Å². The Balaban J connectivity index is 1.94. The van der Waals surface area contributed by atoms with Crippen molar-refractivity contribution in [3.05, 3.63) is 24.3 Å². The Morgan fingerprint density at radius 2 is 1.88 bits per heavy atom. The maximum atomic E-state index is 12.1. The molecule has 0 saturated heterocycles. The van der Waals surface area contributed by atoms with Gasteiger partial charge in [-0.05, 0) is 52.0 Å². The first-order valence-electron chi connectivity index (χ1n) is 8.04. The minimum absolute atomic E-state index is 0.410. The van der Waals surface area contributed by atoms with E-state index in [1.54, 1.807) is 14.0 Å². The minimum atomic E-state index is -0.528. The molecule has 140 valence electrons. The SMILES string of the molecule is COc1ccc(-c2nc(S[C@@H](C)C(=O)NC(=O)NC(C)(C)C)n[nH]2)cc1. The summed E-state index contributed by atoms with van der Waals surface area (Å²) in [6, 6.07) is 6.86. The van der Waals surface area contributed by atoms with E-state index in [2.05, 4.69) is 25.8 Å². The van der Waals surface area contributed by atoms with Gasteiger partial charge in [0.05, 0.1) is 12.4 Å². The summed E-state index contributed by atoms with van der Waals surface area (Å²) in [7, 11) is 1.60. The number of aromatic amines is 1. The zero-order valence-electron chi connectivity index (χ0n) is 15.4. The van der Waals surface area contributed by atoms with Crippen LogP contribution < -0.4 is 15.4 Å². The van der Waals surface area contributed by atoms with Crippen molar-refractivity contribution in [1.82, 2.24) is 25.8 Å². The van der Waals surface area contributed by atoms with Gasteiger partial charge < -0.3 is 10.1 Å². The number of nitrogens with zero attached hydrogens (tertiary/aromatic N) is 2. The van der Waals surface area contributed by atoms with Crippen LogP contribution in [0.1, 0.15) is 27.7 Å². The summed E-state index contributed by atoms with van der Waals surface area (Å²) in [6.07, 6.45) is 0. The van der Waals surface area contributed by atoms with Crippen LogP contribution in [0, 0.1) is 0 Å². The fraction of sp³-hybridized carbons (Fsp3) is 0.412. The van der Waals surface area contributed by atoms with E-state index in [1.165, 1.54) is 0 Å². The number of hydrogen-bond donors (Lipinski definition) is 3. The van der Waals surface area contributed by atoms with Crippen molar-refractivity contribution in [2.24, 2.45) is 0 Å². The molecule has 2 aromatic rings. The first kappa shape index (κ1) is 19.8. The standard InChI is InChI=1S/C17H23N5O3S/c1-10(14(23)19-15(24)20-17(2,3)4)26-16-18-13(21-22-16)11-6-8-12(25-5)9-7-11/h6-10H,1-5H3,(H,18,21,22)(H2,19,20,23,24)/t10-/m0/s1. The topological polar surface area (TPSA) is 109 Å². The lowest BCUT2D eigenvalue weighted by Gasteiger charge is -2.20. The summed E-state index contributed by atoms with van der Waals surface area (Å²) in [5.41, 5.74) is 0.435. The van der Waals surface area contributed by atoms with Gasteiger partial charge in [-0.3, -0.25) is 15.2 Å². The van der Waals surface area contributed by atoms with Gasteiger partial charge in [0, 0.05) is 11.1 Å². The predicted molar refractivity (Wildman–Crippen MR) is 100 cm³/mol. The highest BCUT2D eigenvalue weighted by atomic mass is 32.2. The van der Waals surface area contributed by atoms with Gasteiger partial charge in [-0.15, -0.1) is 5.10 Å². The number of ether oxygens (including phenoxy) is 1. The van der Waals surface area contributed by atoms with Crippen molar-refractivity contribution < 1.29 is 14.3 Å². The van der Waals surface area contributed by atoms with E-state index in [1.807, 2.05) is 45.0 Å². The summed E-state index contributed by atoms with van der Waals surface area (Å²) < 4.78 is 5.12. The van der Waals surface area contributed by atoms with Gasteiger partial charge in [0.25, 0.3) is 0 Å². The molecule has 26 heavy (non-hydrogen) atoms. The number of H-pyrrole nitrogens is 1. The Hall–Kier alpha value is -2.55. The summed E-state index contributed by atoms with van der Waals surface area (Å²) in [6.45, 7) is 7.20. The molecule has 0 aliphatic rings. The molecule has 1 aromatic heterocycles. The number of methoxy groups -OCH3 is 1. The molecule has 1 atom stereocenters. The predicted octanol–water partition coefficient (Wildman–Crippen LogP) is 2.59. The van der Waals surface area contributed by atoms with Crippen LogP contribution in [0.15, 0.2) is 29.4 Å². The summed E-state index contributed by atoms with van der Waals surface area (Å²) >= 11 is 1.16. The zero-order chi connectivity index (χ0) is 19.3. The van der Waals surface area contributed by atoms with Gasteiger partial charge in [-0.25, -0.2) is 9.78 Å². The maximum absolute atomic E-state index is 12.1. The Morgan fingerprint density at radius 1 is 1.23 bits per heavy atom. The molecule has 1 aromatic carbocycles. The smallest absolute Gasteiger partial charge is 0.321 e. The number of thioether (sulfide) groups is 1. The first-order chi connectivity index (χ1) is 12.2. The van der Waals surface area contributed by atoms with Gasteiger partial charge in [-0.2, -0.15) is 0 Å². The fourth-order valence-electron chi connectivity index (χ4n) is 1.97. The van der Waals surface area contributed by atoms with Crippen LogP contribution >= 0.6 is 11.8 Å². The van der Waals surface area contributed by atoms with Gasteiger partial charge in [0.15, 0.2) is 5.82 Å². The van der Waals surface area contributed by atoms with Crippen LogP contribution in [0.25, 0.3) is 11.4 Å². The van der Waals surface area contributed by atoms with Crippen LogP contribution in [-0.4, -0.2) is 45.0 Å². The number of imide groups is 1. The number of urea groups is 1. The van der Waals surface area contributed by atoms with Crippen molar-refractivity contribution in [3.8, 4) is 17.1 Å². The van der Waals surface area contributed by atoms with Gasteiger partial charge in [-0.1, -0.05) is 11.8 Å². The summed E-state index contributed by atoms with van der Waals surface area (Å²) in [5, 5.41) is 11.8. The molecule has 0 saturated carbocycles. The molecule has 0 aliphatic heterocycles. The van der Waals surface area contributed by atoms with E-state index in [-0.39, 0.29) is 0 Å². The highest BCUT2D eigenvalue weighted by Gasteiger charge is 2.21. The number of nitrogens with one attached hydrogen (secondary N) is 3.